The molecule has 0 heterocycles. The Morgan fingerprint density at radius 2 is 0.806 bits per heavy atom. The second kappa shape index (κ2) is 11.7. The smallest absolute Gasteiger partial charge is 0.185 e. The first-order chi connectivity index (χ1) is 12.2. The van der Waals surface area contributed by atoms with Gasteiger partial charge < -0.3 is 0 Å². The van der Waals surface area contributed by atoms with Gasteiger partial charge in [0.1, 0.15) is 0 Å². The molecule has 147 valence electrons. The molecule has 0 bridgehead atoms. The Morgan fingerprint density at radius 3 is 1.13 bits per heavy atom. The molecule has 31 heavy (non-hydrogen) atoms. The maximum absolute atomic E-state index is 12.8. The van der Waals surface area contributed by atoms with Crippen LogP contribution in [0.1, 0.15) is 47.2 Å². The largest absolute Gasteiger partial charge is 0.289 e. The van der Waals surface area contributed by atoms with Crippen LogP contribution in [0.4, 0.5) is 0 Å². The molecule has 0 saturated heterocycles. The van der Waals surface area contributed by atoms with E-state index >= 15 is 0 Å². The van der Waals surface area contributed by atoms with Crippen molar-refractivity contribution in [1.29, 1.82) is 0 Å². The van der Waals surface area contributed by atoms with E-state index in [0.717, 1.165) is 11.1 Å². The van der Waals surface area contributed by atoms with E-state index in [1.54, 1.807) is 0 Å². The fraction of sp³-hybridized carbons (Fsp3) is 0.320. The fourth-order valence-corrected chi connectivity index (χ4v) is 5.70. The molecule has 4 aromatic rings. The van der Waals surface area contributed by atoms with E-state index in [0.29, 0.717) is 0 Å². The van der Waals surface area contributed by atoms with Crippen LogP contribution in [0.15, 0.2) is 0 Å². The van der Waals surface area contributed by atoms with Crippen LogP contribution >= 0.6 is 0 Å². The van der Waals surface area contributed by atoms with E-state index in [1.807, 2.05) is 13.8 Å². The summed E-state index contributed by atoms with van der Waals surface area (Å²) >= 11 is 0. The van der Waals surface area contributed by atoms with Gasteiger partial charge in [-0.25, -0.2) is 21.9 Å². The van der Waals surface area contributed by atoms with E-state index in [-0.39, 0.29) is 169 Å². The van der Waals surface area contributed by atoms with Crippen molar-refractivity contribution in [2.45, 2.75) is 55.4 Å². The number of fused-ring (bicyclic) bond motifs is 3. The Kier molecular flexibility index (Phi) is 12.8. The molecule has 0 saturated carbocycles. The van der Waals surface area contributed by atoms with Crippen molar-refractivity contribution in [3.05, 3.63) is 43.8 Å². The third-order valence-corrected chi connectivity index (χ3v) is 7.37. The molecule has 0 spiro atoms. The monoisotopic (exact) mass is 785 g/mol. The average molecular weight is 785 g/mol. The molecule has 0 amide bonds. The molecule has 5 radical (unpaired) electrons. The molecule has 0 unspecified atom stereocenters. The molecule has 0 N–H and O–H groups in total. The molecule has 0 aliphatic heterocycles. The van der Waals surface area contributed by atoms with Gasteiger partial charge in [-0.3, -0.25) is 4.79 Å². The third kappa shape index (κ3) is 4.22. The van der Waals surface area contributed by atoms with Crippen molar-refractivity contribution in [1.82, 2.24) is 0 Å². The van der Waals surface area contributed by atoms with Crippen LogP contribution in [-0.2, 0) is 168 Å². The molecular weight excluding hydrogens is 761 g/mol. The Morgan fingerprint density at radius 1 is 0.484 bits per heavy atom. The summed E-state index contributed by atoms with van der Waals surface area (Å²) in [6.45, 7) is 17.5. The maximum Gasteiger partial charge on any atom is 0.185 e. The summed E-state index contributed by atoms with van der Waals surface area (Å²) in [4.78, 5) is 12.8. The topological polar surface area (TPSA) is 17.1 Å². The van der Waals surface area contributed by atoms with E-state index < -0.39 is 0 Å². The van der Waals surface area contributed by atoms with Crippen LogP contribution in [0.25, 0.3) is 43.5 Å². The van der Waals surface area contributed by atoms with Gasteiger partial charge in [-0.2, -0.15) is 16.5 Å². The van der Waals surface area contributed by atoms with Crippen molar-refractivity contribution in [2.75, 3.05) is 0 Å². The first kappa shape index (κ1) is 34.1. The second-order valence-electron chi connectivity index (χ2n) is 8.33. The summed E-state index contributed by atoms with van der Waals surface area (Å²) in [5.74, 6) is 0.219. The summed E-state index contributed by atoms with van der Waals surface area (Å²) in [5.41, 5.74) is 10.1. The van der Waals surface area contributed by atoms with Gasteiger partial charge in [0.05, 0.1) is 0 Å². The van der Waals surface area contributed by atoms with Gasteiger partial charge in [0.15, 0.2) is 5.78 Å². The van der Waals surface area contributed by atoms with Gasteiger partial charge in [-0.15, -0.1) is 0 Å². The summed E-state index contributed by atoms with van der Waals surface area (Å²) in [6.07, 6.45) is 0. The van der Waals surface area contributed by atoms with Crippen molar-refractivity contribution in [3.8, 4) is 0 Å². The van der Waals surface area contributed by atoms with E-state index in [1.165, 1.54) is 76.1 Å². The molecule has 1 aliphatic rings. The van der Waals surface area contributed by atoms with Gasteiger partial charge in [0.2, 0.25) is 0 Å². The SMILES string of the molecule is CC1=c2c(c3c(C)c(C)c4c5c3c2c(C)c(C)c5[c-](C)[c-]4C)=C(C)C1=O.[Y].[Y].[Y].[Y].[Y]. The summed E-state index contributed by atoms with van der Waals surface area (Å²) in [5, 5.41) is 10.7. The number of hydrogen-bond acceptors (Lipinski definition) is 1. The zero-order chi connectivity index (χ0) is 18.8. The van der Waals surface area contributed by atoms with E-state index in [4.69, 9.17) is 0 Å². The van der Waals surface area contributed by atoms with Crippen LogP contribution in [0.2, 0.25) is 0 Å². The zero-order valence-corrected chi connectivity index (χ0v) is 34.0. The van der Waals surface area contributed by atoms with Gasteiger partial charge in [-0.05, 0) is 48.9 Å². The number of Topliss-reactive ketones (excluding diaryl/α,β-unsaturated/α-hetero) is 1. The van der Waals surface area contributed by atoms with Gasteiger partial charge in [0, 0.05) is 175 Å². The number of rotatable bonds is 0. The van der Waals surface area contributed by atoms with E-state index in [2.05, 4.69) is 41.5 Å². The molecule has 0 aromatic heterocycles. The molecule has 5 rings (SSSR count). The Bertz CT molecular complexity index is 1360. The standard InChI is InChI=1S/C25H24O.5Y/c1-9-10(2)18-12(4)14(6)20-22-16(8)25(26)15(7)21(22)19-13(5)11(3)17(9)23(18)24(19)20;;;;;/h1-8H3;;;;;/q-2;;;;;. The fourth-order valence-electron chi connectivity index (χ4n) is 5.70. The molecule has 1 aliphatic carbocycles. The quantitative estimate of drug-likeness (QED) is 0.235. The van der Waals surface area contributed by atoms with Crippen molar-refractivity contribution >= 4 is 49.2 Å². The molecule has 1 nitrogen and oxygen atoms in total. The van der Waals surface area contributed by atoms with Crippen molar-refractivity contribution < 1.29 is 168 Å². The van der Waals surface area contributed by atoms with Gasteiger partial charge in [-0.1, -0.05) is 44.2 Å². The van der Waals surface area contributed by atoms with Crippen LogP contribution in [0.5, 0.6) is 0 Å². The first-order valence-corrected chi connectivity index (χ1v) is 9.45. The van der Waals surface area contributed by atoms with Gasteiger partial charge >= 0.3 is 0 Å². The molecule has 0 fully saturated rings. The number of benzene rings is 2. The predicted octanol–water partition coefficient (Wildman–Crippen LogP) is 4.78. The Balaban J connectivity index is 0.00000180. The number of carbonyl (C=O) groups excluding carboxylic acids is 1. The minimum atomic E-state index is 0. The Labute approximate surface area is 310 Å². The maximum atomic E-state index is 12.8. The minimum Gasteiger partial charge on any atom is -0.289 e. The van der Waals surface area contributed by atoms with E-state index in [9.17, 15) is 4.79 Å². The van der Waals surface area contributed by atoms with Crippen molar-refractivity contribution in [3.63, 3.8) is 0 Å². The average Bonchev–Trinajstić information content (AvgIpc) is 3.16. The van der Waals surface area contributed by atoms with Gasteiger partial charge in [0.25, 0.3) is 0 Å². The number of hydrogen-bond donors (Lipinski definition) is 0. The summed E-state index contributed by atoms with van der Waals surface area (Å²) < 4.78 is 0. The minimum absolute atomic E-state index is 0. The third-order valence-electron chi connectivity index (χ3n) is 7.37. The number of aryl methyl sites for hydroxylation is 6. The van der Waals surface area contributed by atoms with Crippen LogP contribution in [0.3, 0.4) is 0 Å². The van der Waals surface area contributed by atoms with Crippen molar-refractivity contribution in [2.24, 2.45) is 0 Å². The number of ketones is 1. The zero-order valence-electron chi connectivity index (χ0n) is 19.8. The number of carbonyl (C=O) groups is 1. The molecule has 6 heteroatoms. The summed E-state index contributed by atoms with van der Waals surface area (Å²) in [7, 11) is 0. The Hall–Kier alpha value is 3.11. The molecule has 0 atom stereocenters. The predicted molar refractivity (Wildman–Crippen MR) is 112 cm³/mol. The first-order valence-electron chi connectivity index (χ1n) is 9.45. The van der Waals surface area contributed by atoms with Crippen LogP contribution < -0.4 is 10.4 Å². The summed E-state index contributed by atoms with van der Waals surface area (Å²) in [6, 6.07) is 0. The van der Waals surface area contributed by atoms with Crippen LogP contribution in [0, 0.1) is 41.5 Å². The molecular formula is C25H24OY5-2. The van der Waals surface area contributed by atoms with Crippen LogP contribution in [-0.4, -0.2) is 5.78 Å². The normalized spacial score (nSPS) is 12.5. The molecule has 4 aromatic carbocycles. The second-order valence-corrected chi connectivity index (χ2v) is 8.33.